The lowest BCUT2D eigenvalue weighted by Crippen LogP contribution is -2.47. The summed E-state index contributed by atoms with van der Waals surface area (Å²) in [5.41, 5.74) is -1.10. The first kappa shape index (κ1) is 29.0. The molecule has 3 fully saturated rings. The van der Waals surface area contributed by atoms with Crippen LogP contribution in [0.3, 0.4) is 0 Å². The van der Waals surface area contributed by atoms with Gasteiger partial charge in [0, 0.05) is 16.7 Å². The molecule has 0 heterocycles. The first-order valence-electron chi connectivity index (χ1n) is 13.4. The molecule has 0 spiro atoms. The average molecular weight is 535 g/mol. The molecule has 0 bridgehead atoms. The van der Waals surface area contributed by atoms with Crippen LogP contribution in [0, 0.1) is 28.6 Å². The van der Waals surface area contributed by atoms with E-state index in [1.54, 1.807) is 0 Å². The van der Waals surface area contributed by atoms with Crippen LogP contribution < -0.4 is 5.32 Å². The number of hydrogen-bond acceptors (Lipinski definition) is 5. The molecule has 3 saturated carbocycles. The van der Waals surface area contributed by atoms with Gasteiger partial charge in [0.25, 0.3) is 0 Å². The number of esters is 1. The summed E-state index contributed by atoms with van der Waals surface area (Å²) in [5, 5.41) is 13.4. The third kappa shape index (κ3) is 6.66. The molecular weight excluding hydrogens is 489 g/mol. The van der Waals surface area contributed by atoms with Crippen molar-refractivity contribution in [2.45, 2.75) is 108 Å². The lowest BCUT2D eigenvalue weighted by molar-refractivity contribution is -0.154. The molecule has 0 aromatic heterocycles. The van der Waals surface area contributed by atoms with E-state index in [0.29, 0.717) is 25.5 Å². The highest BCUT2D eigenvalue weighted by Gasteiger charge is 2.56. The normalized spacial score (nSPS) is 38.1. The molecule has 5 atom stereocenters. The molecule has 202 valence electrons. The number of carboxylic acids is 1. The molecule has 2 unspecified atom stereocenters. The third-order valence-electron chi connectivity index (χ3n) is 9.78. The maximum atomic E-state index is 12.6. The minimum Gasteiger partial charge on any atom is -0.481 e. The SMILES string of the molecule is COC(=O)[C@H](CC1CCC(OCC2C(Cl)CCCC2Cl)CC1)NC[C@H]1CC[C@@](C)(C(=O)O)C1(C)C. The second kappa shape index (κ2) is 12.3. The van der Waals surface area contributed by atoms with Crippen molar-refractivity contribution in [3.05, 3.63) is 0 Å². The molecule has 0 aromatic rings. The fraction of sp³-hybridized carbons (Fsp3) is 0.926. The summed E-state index contributed by atoms with van der Waals surface area (Å²) in [5.74, 6) is -0.126. The highest BCUT2D eigenvalue weighted by molar-refractivity contribution is 6.24. The van der Waals surface area contributed by atoms with E-state index in [1.165, 1.54) is 7.11 Å². The van der Waals surface area contributed by atoms with Crippen LogP contribution in [0.2, 0.25) is 0 Å². The van der Waals surface area contributed by atoms with Gasteiger partial charge in [0.05, 0.1) is 25.2 Å². The quantitative estimate of drug-likeness (QED) is 0.279. The van der Waals surface area contributed by atoms with Gasteiger partial charge in [0.1, 0.15) is 6.04 Å². The summed E-state index contributed by atoms with van der Waals surface area (Å²) in [4.78, 5) is 24.5. The molecule has 0 aliphatic heterocycles. The van der Waals surface area contributed by atoms with E-state index in [0.717, 1.165) is 57.8 Å². The molecule has 6 nitrogen and oxygen atoms in total. The van der Waals surface area contributed by atoms with Gasteiger partial charge in [-0.15, -0.1) is 23.2 Å². The van der Waals surface area contributed by atoms with Crippen molar-refractivity contribution >= 4 is 35.1 Å². The predicted molar refractivity (Wildman–Crippen MR) is 139 cm³/mol. The zero-order chi connectivity index (χ0) is 25.8. The van der Waals surface area contributed by atoms with Gasteiger partial charge in [0.2, 0.25) is 0 Å². The number of rotatable bonds is 10. The van der Waals surface area contributed by atoms with E-state index in [-0.39, 0.29) is 46.1 Å². The van der Waals surface area contributed by atoms with Crippen molar-refractivity contribution in [2.75, 3.05) is 20.3 Å². The lowest BCUT2D eigenvalue weighted by atomic mass is 9.65. The monoisotopic (exact) mass is 533 g/mol. The Labute approximate surface area is 221 Å². The smallest absolute Gasteiger partial charge is 0.322 e. The van der Waals surface area contributed by atoms with Crippen LogP contribution in [0.5, 0.6) is 0 Å². The maximum Gasteiger partial charge on any atom is 0.322 e. The Morgan fingerprint density at radius 3 is 2.20 bits per heavy atom. The average Bonchev–Trinajstić information content (AvgIpc) is 3.06. The fourth-order valence-corrected chi connectivity index (χ4v) is 7.39. The number of ether oxygens (including phenoxy) is 2. The van der Waals surface area contributed by atoms with Crippen molar-refractivity contribution in [2.24, 2.45) is 28.6 Å². The molecule has 35 heavy (non-hydrogen) atoms. The van der Waals surface area contributed by atoms with Crippen LogP contribution in [0.15, 0.2) is 0 Å². The number of carbonyl (C=O) groups is 2. The third-order valence-corrected chi connectivity index (χ3v) is 10.9. The largest absolute Gasteiger partial charge is 0.481 e. The Hall–Kier alpha value is -0.560. The molecule has 0 aromatic carbocycles. The number of carboxylic acid groups (broad SMARTS) is 1. The number of methoxy groups -OCH3 is 1. The van der Waals surface area contributed by atoms with E-state index in [1.807, 2.05) is 20.8 Å². The van der Waals surface area contributed by atoms with Crippen molar-refractivity contribution in [1.82, 2.24) is 5.32 Å². The van der Waals surface area contributed by atoms with E-state index >= 15 is 0 Å². The summed E-state index contributed by atoms with van der Waals surface area (Å²) in [6.07, 6.45) is 9.60. The standard InChI is InChI=1S/C27H45Cl2NO5/c1-26(2)18(12-13-27(26,3)25(32)33)15-30-23(24(31)34-4)14-17-8-10-19(11-9-17)35-16-20-21(28)6-5-7-22(20)29/h17-23,30H,5-16H2,1-4H3,(H,32,33)/t17?,18-,19?,20?,21?,22?,23+,27+/m1/s1. The predicted octanol–water partition coefficient (Wildman–Crippen LogP) is 5.63. The van der Waals surface area contributed by atoms with Gasteiger partial charge < -0.3 is 19.9 Å². The van der Waals surface area contributed by atoms with Crippen molar-refractivity contribution in [3.63, 3.8) is 0 Å². The Morgan fingerprint density at radius 2 is 1.66 bits per heavy atom. The summed E-state index contributed by atoms with van der Waals surface area (Å²) in [6, 6.07) is -0.369. The summed E-state index contributed by atoms with van der Waals surface area (Å²) < 4.78 is 11.3. The molecule has 3 aliphatic carbocycles. The zero-order valence-electron chi connectivity index (χ0n) is 21.9. The highest BCUT2D eigenvalue weighted by atomic mass is 35.5. The van der Waals surface area contributed by atoms with Gasteiger partial charge in [-0.1, -0.05) is 20.3 Å². The van der Waals surface area contributed by atoms with E-state index in [4.69, 9.17) is 32.7 Å². The number of hydrogen-bond donors (Lipinski definition) is 2. The van der Waals surface area contributed by atoms with E-state index in [2.05, 4.69) is 5.32 Å². The number of halogens is 2. The zero-order valence-corrected chi connectivity index (χ0v) is 23.4. The van der Waals surface area contributed by atoms with Gasteiger partial charge in [-0.25, -0.2) is 0 Å². The molecular formula is C27H45Cl2NO5. The Kier molecular flexibility index (Phi) is 10.2. The Morgan fingerprint density at radius 1 is 1.03 bits per heavy atom. The molecule has 2 N–H and O–H groups in total. The van der Waals surface area contributed by atoms with Crippen molar-refractivity contribution in [3.8, 4) is 0 Å². The van der Waals surface area contributed by atoms with Crippen LogP contribution in [0.25, 0.3) is 0 Å². The molecule has 8 heteroatoms. The first-order valence-corrected chi connectivity index (χ1v) is 14.3. The minimum absolute atomic E-state index is 0.104. The van der Waals surface area contributed by atoms with E-state index in [9.17, 15) is 14.7 Å². The van der Waals surface area contributed by atoms with Crippen LogP contribution in [-0.2, 0) is 19.1 Å². The van der Waals surface area contributed by atoms with Crippen molar-refractivity contribution < 1.29 is 24.2 Å². The minimum atomic E-state index is -0.747. The summed E-state index contributed by atoms with van der Waals surface area (Å²) in [6.45, 7) is 7.19. The van der Waals surface area contributed by atoms with Crippen LogP contribution in [0.1, 0.15) is 85.0 Å². The van der Waals surface area contributed by atoms with Crippen LogP contribution >= 0.6 is 23.2 Å². The number of nitrogens with one attached hydrogen (secondary N) is 1. The highest BCUT2D eigenvalue weighted by Crippen LogP contribution is 2.55. The number of carbonyl (C=O) groups excluding carboxylic acids is 1. The molecule has 0 amide bonds. The molecule has 0 radical (unpaired) electrons. The van der Waals surface area contributed by atoms with E-state index < -0.39 is 11.4 Å². The topological polar surface area (TPSA) is 84.9 Å². The summed E-state index contributed by atoms with van der Waals surface area (Å²) >= 11 is 13.0. The second-order valence-electron chi connectivity index (χ2n) is 11.9. The van der Waals surface area contributed by atoms with Gasteiger partial charge in [0.15, 0.2) is 0 Å². The Bertz CT molecular complexity index is 716. The second-order valence-corrected chi connectivity index (χ2v) is 13.0. The molecule has 3 rings (SSSR count). The van der Waals surface area contributed by atoms with Gasteiger partial charge >= 0.3 is 11.9 Å². The number of aliphatic carboxylic acids is 1. The van der Waals surface area contributed by atoms with Crippen molar-refractivity contribution in [1.29, 1.82) is 0 Å². The first-order chi connectivity index (χ1) is 16.5. The van der Waals surface area contributed by atoms with Gasteiger partial charge in [-0.05, 0) is 88.5 Å². The lowest BCUT2D eigenvalue weighted by Gasteiger charge is -2.39. The molecule has 3 aliphatic rings. The Balaban J connectivity index is 1.47. The number of alkyl halides is 2. The van der Waals surface area contributed by atoms with Gasteiger partial charge in [-0.2, -0.15) is 0 Å². The summed E-state index contributed by atoms with van der Waals surface area (Å²) in [7, 11) is 1.43. The maximum absolute atomic E-state index is 12.6. The molecule has 0 saturated heterocycles. The fourth-order valence-electron chi connectivity index (χ4n) is 6.51. The van der Waals surface area contributed by atoms with Crippen LogP contribution in [0.4, 0.5) is 0 Å². The van der Waals surface area contributed by atoms with Crippen LogP contribution in [-0.4, -0.2) is 60.2 Å². The van der Waals surface area contributed by atoms with Gasteiger partial charge in [-0.3, -0.25) is 9.59 Å².